The van der Waals surface area contributed by atoms with Crippen LogP contribution in [-0.4, -0.2) is 49.2 Å². The number of aryl methyl sites for hydroxylation is 1. The van der Waals surface area contributed by atoms with Crippen molar-refractivity contribution >= 4 is 22.6 Å². The SMILES string of the molecule is Cc1cc(N2C[C@@H]3CCOC[C@]3(C(=O)O)C2)c2cc3c(cc2n1)OCO3. The van der Waals surface area contributed by atoms with Gasteiger partial charge in [-0.3, -0.25) is 9.78 Å². The van der Waals surface area contributed by atoms with Crippen LogP contribution in [0.5, 0.6) is 11.5 Å². The molecule has 0 bridgehead atoms. The Morgan fingerprint density at radius 2 is 2.12 bits per heavy atom. The first-order valence-electron chi connectivity index (χ1n) is 8.84. The highest BCUT2D eigenvalue weighted by molar-refractivity contribution is 5.95. The molecule has 0 unspecified atom stereocenters. The molecular formula is C19H20N2O5. The summed E-state index contributed by atoms with van der Waals surface area (Å²) in [7, 11) is 0. The van der Waals surface area contributed by atoms with Gasteiger partial charge in [0.05, 0.1) is 12.1 Å². The van der Waals surface area contributed by atoms with Crippen LogP contribution in [0.25, 0.3) is 10.9 Å². The summed E-state index contributed by atoms with van der Waals surface area (Å²) in [6.45, 7) is 4.22. The number of aromatic nitrogens is 1. The predicted molar refractivity (Wildman–Crippen MR) is 93.8 cm³/mol. The molecule has 2 saturated heterocycles. The highest BCUT2D eigenvalue weighted by atomic mass is 16.7. The van der Waals surface area contributed by atoms with Crippen molar-refractivity contribution in [3.8, 4) is 11.5 Å². The number of rotatable bonds is 2. The van der Waals surface area contributed by atoms with E-state index in [2.05, 4.69) is 9.88 Å². The Bertz CT molecular complexity index is 914. The molecule has 2 atom stereocenters. The summed E-state index contributed by atoms with van der Waals surface area (Å²) < 4.78 is 16.5. The number of fused-ring (bicyclic) bond motifs is 3. The first-order chi connectivity index (χ1) is 12.6. The van der Waals surface area contributed by atoms with Gasteiger partial charge in [-0.15, -0.1) is 0 Å². The maximum Gasteiger partial charge on any atom is 0.314 e. The van der Waals surface area contributed by atoms with Gasteiger partial charge in [0, 0.05) is 42.5 Å². The van der Waals surface area contributed by atoms with Gasteiger partial charge in [-0.25, -0.2) is 0 Å². The maximum absolute atomic E-state index is 12.1. The first kappa shape index (κ1) is 15.7. The Labute approximate surface area is 150 Å². The van der Waals surface area contributed by atoms with Crippen molar-refractivity contribution in [2.45, 2.75) is 13.3 Å². The molecule has 0 aliphatic carbocycles. The quantitative estimate of drug-likeness (QED) is 0.883. The van der Waals surface area contributed by atoms with Crippen LogP contribution in [0.1, 0.15) is 12.1 Å². The third kappa shape index (κ3) is 2.16. The van der Waals surface area contributed by atoms with E-state index in [0.29, 0.717) is 31.2 Å². The van der Waals surface area contributed by atoms with Gasteiger partial charge in [0.15, 0.2) is 11.5 Å². The van der Waals surface area contributed by atoms with Crippen molar-refractivity contribution in [3.05, 3.63) is 23.9 Å². The molecule has 3 aliphatic rings. The average Bonchev–Trinajstić information content (AvgIpc) is 3.23. The van der Waals surface area contributed by atoms with Crippen molar-refractivity contribution < 1.29 is 24.1 Å². The topological polar surface area (TPSA) is 81.1 Å². The molecule has 2 aromatic rings. The Morgan fingerprint density at radius 3 is 2.88 bits per heavy atom. The van der Waals surface area contributed by atoms with E-state index in [9.17, 15) is 9.90 Å². The molecule has 4 heterocycles. The fourth-order valence-corrected chi connectivity index (χ4v) is 4.46. The number of anilines is 1. The minimum atomic E-state index is -0.835. The van der Waals surface area contributed by atoms with Crippen LogP contribution < -0.4 is 14.4 Å². The summed E-state index contributed by atoms with van der Waals surface area (Å²) in [6.07, 6.45) is 0.775. The van der Waals surface area contributed by atoms with E-state index in [4.69, 9.17) is 14.2 Å². The van der Waals surface area contributed by atoms with Crippen molar-refractivity contribution in [1.29, 1.82) is 0 Å². The standard InChI is InChI=1S/C19H20N2O5/c1-11-4-15(13-5-16-17(26-10-25-16)6-14(13)20-11)21-7-12-2-3-24-9-19(12,8-21)18(22)23/h4-6,12H,2-3,7-10H2,1H3,(H,22,23)/t12-,19+/m0/s1. The molecule has 3 aliphatic heterocycles. The van der Waals surface area contributed by atoms with E-state index < -0.39 is 11.4 Å². The molecule has 7 heteroatoms. The Balaban J connectivity index is 1.62. The molecule has 0 spiro atoms. The number of ether oxygens (including phenoxy) is 3. The first-order valence-corrected chi connectivity index (χ1v) is 8.84. The number of nitrogens with zero attached hydrogens (tertiary/aromatic N) is 2. The van der Waals surface area contributed by atoms with E-state index in [1.54, 1.807) is 0 Å². The molecule has 1 aromatic carbocycles. The minimum Gasteiger partial charge on any atom is -0.481 e. The monoisotopic (exact) mass is 356 g/mol. The van der Waals surface area contributed by atoms with Crippen molar-refractivity contribution in [1.82, 2.24) is 4.98 Å². The van der Waals surface area contributed by atoms with E-state index >= 15 is 0 Å². The van der Waals surface area contributed by atoms with Gasteiger partial charge in [-0.2, -0.15) is 0 Å². The van der Waals surface area contributed by atoms with E-state index in [1.165, 1.54) is 0 Å². The predicted octanol–water partition coefficient (Wildman–Crippen LogP) is 2.20. The summed E-state index contributed by atoms with van der Waals surface area (Å²) in [6, 6.07) is 5.87. The summed E-state index contributed by atoms with van der Waals surface area (Å²) in [5.41, 5.74) is 1.89. The smallest absolute Gasteiger partial charge is 0.314 e. The van der Waals surface area contributed by atoms with Gasteiger partial charge in [-0.05, 0) is 31.4 Å². The third-order valence-electron chi connectivity index (χ3n) is 5.84. The van der Waals surface area contributed by atoms with Gasteiger partial charge in [-0.1, -0.05) is 0 Å². The van der Waals surface area contributed by atoms with Gasteiger partial charge in [0.2, 0.25) is 6.79 Å². The number of hydrogen-bond acceptors (Lipinski definition) is 6. The summed E-state index contributed by atoms with van der Waals surface area (Å²) >= 11 is 0. The number of carboxylic acids is 1. The fraction of sp³-hybridized carbons (Fsp3) is 0.474. The number of hydrogen-bond donors (Lipinski definition) is 1. The Morgan fingerprint density at radius 1 is 1.31 bits per heavy atom. The molecular weight excluding hydrogens is 336 g/mol. The minimum absolute atomic E-state index is 0.0892. The highest BCUT2D eigenvalue weighted by Gasteiger charge is 2.54. The zero-order valence-corrected chi connectivity index (χ0v) is 14.5. The molecule has 2 fully saturated rings. The maximum atomic E-state index is 12.1. The molecule has 1 aromatic heterocycles. The molecule has 7 nitrogen and oxygen atoms in total. The fourth-order valence-electron chi connectivity index (χ4n) is 4.46. The van der Waals surface area contributed by atoms with E-state index in [-0.39, 0.29) is 19.3 Å². The second-order valence-electron chi connectivity index (χ2n) is 7.39. The molecule has 26 heavy (non-hydrogen) atoms. The summed E-state index contributed by atoms with van der Waals surface area (Å²) in [5.74, 6) is 0.730. The van der Waals surface area contributed by atoms with Crippen LogP contribution in [0.15, 0.2) is 18.2 Å². The molecule has 136 valence electrons. The Hall–Kier alpha value is -2.54. The van der Waals surface area contributed by atoms with Gasteiger partial charge in [0.25, 0.3) is 0 Å². The van der Waals surface area contributed by atoms with E-state index in [0.717, 1.165) is 28.7 Å². The van der Waals surface area contributed by atoms with E-state index in [1.807, 2.05) is 25.1 Å². The van der Waals surface area contributed by atoms with Crippen LogP contribution in [0.3, 0.4) is 0 Å². The lowest BCUT2D eigenvalue weighted by Gasteiger charge is -2.33. The van der Waals surface area contributed by atoms with Gasteiger partial charge < -0.3 is 24.2 Å². The van der Waals surface area contributed by atoms with Gasteiger partial charge >= 0.3 is 5.97 Å². The van der Waals surface area contributed by atoms with Crippen LogP contribution in [-0.2, 0) is 9.53 Å². The largest absolute Gasteiger partial charge is 0.481 e. The highest BCUT2D eigenvalue weighted by Crippen LogP contribution is 2.46. The average molecular weight is 356 g/mol. The molecule has 0 amide bonds. The second kappa shape index (κ2) is 5.48. The third-order valence-corrected chi connectivity index (χ3v) is 5.84. The number of carboxylic acid groups (broad SMARTS) is 1. The number of pyridine rings is 1. The molecule has 5 rings (SSSR count). The number of carbonyl (C=O) groups is 1. The molecule has 1 N–H and O–H groups in total. The van der Waals surface area contributed by atoms with Crippen LogP contribution >= 0.6 is 0 Å². The zero-order valence-electron chi connectivity index (χ0n) is 14.5. The van der Waals surface area contributed by atoms with Crippen LogP contribution in [0.4, 0.5) is 5.69 Å². The number of aliphatic carboxylic acids is 1. The summed E-state index contributed by atoms with van der Waals surface area (Å²) in [4.78, 5) is 18.9. The Kier molecular flexibility index (Phi) is 3.31. The lowest BCUT2D eigenvalue weighted by Crippen LogP contribution is -2.46. The summed E-state index contributed by atoms with van der Waals surface area (Å²) in [5, 5.41) is 10.9. The van der Waals surface area contributed by atoms with Crippen molar-refractivity contribution in [3.63, 3.8) is 0 Å². The molecule has 0 radical (unpaired) electrons. The lowest BCUT2D eigenvalue weighted by molar-refractivity contribution is -0.159. The normalized spacial score (nSPS) is 27.0. The van der Waals surface area contributed by atoms with Gasteiger partial charge in [0.1, 0.15) is 5.41 Å². The second-order valence-corrected chi connectivity index (χ2v) is 7.39. The van der Waals surface area contributed by atoms with Crippen molar-refractivity contribution in [2.75, 3.05) is 38.0 Å². The zero-order chi connectivity index (χ0) is 17.9. The van der Waals surface area contributed by atoms with Crippen LogP contribution in [0.2, 0.25) is 0 Å². The molecule has 0 saturated carbocycles. The van der Waals surface area contributed by atoms with Crippen molar-refractivity contribution in [2.24, 2.45) is 11.3 Å². The lowest BCUT2D eigenvalue weighted by atomic mass is 9.76. The van der Waals surface area contributed by atoms with Crippen LogP contribution in [0, 0.1) is 18.3 Å². The number of benzene rings is 1.